The third-order valence-corrected chi connectivity index (χ3v) is 4.06. The number of nitrogens with zero attached hydrogens (tertiary/aromatic N) is 3. The van der Waals surface area contributed by atoms with Crippen LogP contribution in [0.15, 0.2) is 36.9 Å². The van der Waals surface area contributed by atoms with Crippen molar-refractivity contribution in [1.29, 1.82) is 0 Å². The summed E-state index contributed by atoms with van der Waals surface area (Å²) in [5.74, 6) is -0.170. The number of halogens is 3. The minimum Gasteiger partial charge on any atom is -0.388 e. The van der Waals surface area contributed by atoms with E-state index in [0.717, 1.165) is 11.9 Å². The first-order valence-electron chi connectivity index (χ1n) is 8.12. The molecule has 1 aliphatic rings. The molecule has 0 spiro atoms. The molecule has 3 rings (SSSR count). The summed E-state index contributed by atoms with van der Waals surface area (Å²) in [6, 6.07) is 2.69. The molecule has 0 amide bonds. The summed E-state index contributed by atoms with van der Waals surface area (Å²) >= 11 is 0. The van der Waals surface area contributed by atoms with Crippen LogP contribution in [0.3, 0.4) is 0 Å². The van der Waals surface area contributed by atoms with Crippen LogP contribution in [0.25, 0.3) is 0 Å². The lowest BCUT2D eigenvalue weighted by atomic mass is 9.98. The van der Waals surface area contributed by atoms with E-state index in [1.165, 1.54) is 0 Å². The second-order valence-electron chi connectivity index (χ2n) is 6.01. The smallest absolute Gasteiger partial charge is 0.388 e. The van der Waals surface area contributed by atoms with E-state index < -0.39 is 36.2 Å². The van der Waals surface area contributed by atoms with Crippen molar-refractivity contribution in [3.63, 3.8) is 0 Å². The molecule has 11 heteroatoms. The first-order valence-corrected chi connectivity index (χ1v) is 8.12. The van der Waals surface area contributed by atoms with Gasteiger partial charge in [0.1, 0.15) is 24.1 Å². The minimum atomic E-state index is -4.63. The molecule has 0 aliphatic carbocycles. The second-order valence-corrected chi connectivity index (χ2v) is 6.01. The summed E-state index contributed by atoms with van der Waals surface area (Å²) in [6.45, 7) is 0.190. The normalized spacial score (nSPS) is 25.8. The average Bonchev–Trinajstić information content (AvgIpc) is 2.65. The lowest BCUT2D eigenvalue weighted by Gasteiger charge is -2.38. The second kappa shape index (κ2) is 8.03. The summed E-state index contributed by atoms with van der Waals surface area (Å²) in [7, 11) is 0. The van der Waals surface area contributed by atoms with Gasteiger partial charge in [-0.25, -0.2) is 4.98 Å². The Labute approximate surface area is 152 Å². The Morgan fingerprint density at radius 2 is 1.96 bits per heavy atom. The van der Waals surface area contributed by atoms with E-state index in [-0.39, 0.29) is 19.0 Å². The molecule has 0 unspecified atom stereocenters. The van der Waals surface area contributed by atoms with E-state index in [9.17, 15) is 23.4 Å². The number of alkyl halides is 3. The van der Waals surface area contributed by atoms with Crippen LogP contribution in [0.4, 0.5) is 24.7 Å². The van der Waals surface area contributed by atoms with Crippen molar-refractivity contribution in [3.8, 4) is 0 Å². The molecule has 0 saturated carbocycles. The van der Waals surface area contributed by atoms with Crippen molar-refractivity contribution in [2.24, 2.45) is 0 Å². The lowest BCUT2D eigenvalue weighted by molar-refractivity contribution is -0.141. The molecule has 0 bridgehead atoms. The van der Waals surface area contributed by atoms with E-state index in [1.807, 2.05) is 0 Å². The minimum absolute atomic E-state index is 0.0322. The summed E-state index contributed by atoms with van der Waals surface area (Å²) in [5.41, 5.74) is -0.430. The quantitative estimate of drug-likeness (QED) is 0.601. The molecule has 27 heavy (non-hydrogen) atoms. The predicted molar refractivity (Wildman–Crippen MR) is 88.9 cm³/mol. The SMILES string of the molecule is O[C@@H]1[C@H](O)[C@@H](Nc2cncc(C(F)(F)F)n2)CO[C@@H]1CNc1cccnc1. The largest absolute Gasteiger partial charge is 0.434 e. The van der Waals surface area contributed by atoms with Crippen molar-refractivity contribution in [2.45, 2.75) is 30.5 Å². The fraction of sp³-hybridized carbons (Fsp3) is 0.438. The molecular weight excluding hydrogens is 367 g/mol. The van der Waals surface area contributed by atoms with Gasteiger partial charge in [-0.1, -0.05) is 0 Å². The molecule has 1 fully saturated rings. The van der Waals surface area contributed by atoms with E-state index in [4.69, 9.17) is 4.74 Å². The zero-order chi connectivity index (χ0) is 19.4. The molecule has 1 saturated heterocycles. The average molecular weight is 385 g/mol. The van der Waals surface area contributed by atoms with Gasteiger partial charge in [0.15, 0.2) is 5.69 Å². The van der Waals surface area contributed by atoms with Gasteiger partial charge < -0.3 is 25.6 Å². The van der Waals surface area contributed by atoms with Crippen LogP contribution >= 0.6 is 0 Å². The van der Waals surface area contributed by atoms with Crippen LogP contribution < -0.4 is 10.6 Å². The maximum absolute atomic E-state index is 12.7. The number of ether oxygens (including phenoxy) is 1. The number of aliphatic hydroxyl groups excluding tert-OH is 2. The van der Waals surface area contributed by atoms with Gasteiger partial charge in [-0.2, -0.15) is 13.2 Å². The highest BCUT2D eigenvalue weighted by Crippen LogP contribution is 2.28. The fourth-order valence-electron chi connectivity index (χ4n) is 2.64. The molecule has 8 nitrogen and oxygen atoms in total. The van der Waals surface area contributed by atoms with Crippen LogP contribution in [0.5, 0.6) is 0 Å². The highest BCUT2D eigenvalue weighted by Gasteiger charge is 2.39. The van der Waals surface area contributed by atoms with Crippen molar-refractivity contribution < 1.29 is 28.1 Å². The van der Waals surface area contributed by atoms with Crippen LogP contribution in [0.2, 0.25) is 0 Å². The third kappa shape index (κ3) is 4.81. The molecule has 4 atom stereocenters. The van der Waals surface area contributed by atoms with Crippen LogP contribution in [0.1, 0.15) is 5.69 Å². The maximum Gasteiger partial charge on any atom is 0.434 e. The van der Waals surface area contributed by atoms with E-state index in [1.54, 1.807) is 24.5 Å². The number of nitrogens with one attached hydrogen (secondary N) is 2. The van der Waals surface area contributed by atoms with Crippen LogP contribution in [0, 0.1) is 0 Å². The molecule has 2 aromatic heterocycles. The number of anilines is 2. The molecule has 2 aromatic rings. The zero-order valence-corrected chi connectivity index (χ0v) is 14.0. The molecule has 0 radical (unpaired) electrons. The first-order chi connectivity index (χ1) is 12.8. The first kappa shape index (κ1) is 19.3. The van der Waals surface area contributed by atoms with E-state index in [0.29, 0.717) is 6.20 Å². The van der Waals surface area contributed by atoms with Gasteiger partial charge in [0.25, 0.3) is 0 Å². The Bertz CT molecular complexity index is 750. The van der Waals surface area contributed by atoms with Gasteiger partial charge in [0, 0.05) is 18.9 Å². The number of aromatic nitrogens is 3. The van der Waals surface area contributed by atoms with E-state index in [2.05, 4.69) is 25.6 Å². The van der Waals surface area contributed by atoms with Crippen molar-refractivity contribution in [3.05, 3.63) is 42.6 Å². The topological polar surface area (TPSA) is 112 Å². The van der Waals surface area contributed by atoms with Gasteiger partial charge in [-0.05, 0) is 12.1 Å². The molecule has 0 aromatic carbocycles. The van der Waals surface area contributed by atoms with Crippen LogP contribution in [-0.2, 0) is 10.9 Å². The van der Waals surface area contributed by atoms with Gasteiger partial charge in [-0.3, -0.25) is 9.97 Å². The molecule has 146 valence electrons. The van der Waals surface area contributed by atoms with Gasteiger partial charge in [0.2, 0.25) is 0 Å². The number of hydrogen-bond donors (Lipinski definition) is 4. The van der Waals surface area contributed by atoms with Crippen molar-refractivity contribution in [2.75, 3.05) is 23.8 Å². The Kier molecular flexibility index (Phi) is 5.73. The fourth-order valence-corrected chi connectivity index (χ4v) is 2.64. The Morgan fingerprint density at radius 1 is 1.15 bits per heavy atom. The summed E-state index contributed by atoms with van der Waals surface area (Å²) in [4.78, 5) is 10.9. The maximum atomic E-state index is 12.7. The van der Waals surface area contributed by atoms with Crippen LogP contribution in [-0.4, -0.2) is 62.7 Å². The number of hydrogen-bond acceptors (Lipinski definition) is 8. The Balaban J connectivity index is 1.59. The molecule has 3 heterocycles. The number of aliphatic hydroxyl groups is 2. The highest BCUT2D eigenvalue weighted by atomic mass is 19.4. The number of pyridine rings is 1. The lowest BCUT2D eigenvalue weighted by Crippen LogP contribution is -2.57. The Hall–Kier alpha value is -2.50. The summed E-state index contributed by atoms with van der Waals surface area (Å²) in [5, 5.41) is 26.2. The summed E-state index contributed by atoms with van der Waals surface area (Å²) < 4.78 is 43.7. The van der Waals surface area contributed by atoms with Gasteiger partial charge in [-0.15, -0.1) is 0 Å². The zero-order valence-electron chi connectivity index (χ0n) is 14.0. The molecule has 1 aliphatic heterocycles. The summed E-state index contributed by atoms with van der Waals surface area (Å²) in [6.07, 6.45) is -2.93. The van der Waals surface area contributed by atoms with E-state index >= 15 is 0 Å². The highest BCUT2D eigenvalue weighted by molar-refractivity contribution is 5.40. The predicted octanol–water partition coefficient (Wildman–Crippen LogP) is 0.904. The monoisotopic (exact) mass is 385 g/mol. The standard InChI is InChI=1S/C16H18F3N5O3/c17-16(18,19)12-6-21-7-13(24-12)23-10-8-27-11(15(26)14(10)25)5-22-9-2-1-3-20-4-9/h1-4,6-7,10-11,14-15,22,25-26H,5,8H2,(H,23,24)/t10-,11+,14+,15-/m0/s1. The Morgan fingerprint density at radius 3 is 2.67 bits per heavy atom. The van der Waals surface area contributed by atoms with Gasteiger partial charge >= 0.3 is 6.18 Å². The number of rotatable bonds is 5. The molecular formula is C16H18F3N5O3. The molecule has 4 N–H and O–H groups in total. The third-order valence-electron chi connectivity index (χ3n) is 4.06. The van der Waals surface area contributed by atoms with Gasteiger partial charge in [0.05, 0.1) is 30.7 Å². The van der Waals surface area contributed by atoms with Crippen molar-refractivity contribution in [1.82, 2.24) is 15.0 Å². The van der Waals surface area contributed by atoms with Crippen molar-refractivity contribution >= 4 is 11.5 Å².